The zero-order valence-corrected chi connectivity index (χ0v) is 12.3. The number of hydrogen-bond donors (Lipinski definition) is 1. The first kappa shape index (κ1) is 13.9. The third-order valence-corrected chi connectivity index (χ3v) is 4.05. The van der Waals surface area contributed by atoms with Crippen molar-refractivity contribution in [2.45, 2.75) is 32.6 Å². The number of H-pyrrole nitrogens is 1. The lowest BCUT2D eigenvalue weighted by atomic mass is 9.83. The number of benzene rings is 1. The zero-order valence-electron chi connectivity index (χ0n) is 12.3. The van der Waals surface area contributed by atoms with Crippen LogP contribution in [0.1, 0.15) is 35.9 Å². The van der Waals surface area contributed by atoms with Gasteiger partial charge in [0.1, 0.15) is 5.82 Å². The summed E-state index contributed by atoms with van der Waals surface area (Å²) in [7, 11) is 0. The lowest BCUT2D eigenvalue weighted by Crippen LogP contribution is -2.24. The summed E-state index contributed by atoms with van der Waals surface area (Å²) in [5.41, 5.74) is 3.90. The van der Waals surface area contributed by atoms with Gasteiger partial charge < -0.3 is 9.72 Å². The molecule has 1 aliphatic carbocycles. The van der Waals surface area contributed by atoms with Crippen molar-refractivity contribution < 1.29 is 9.53 Å². The number of hydrogen-bond acceptors (Lipinski definition) is 3. The van der Waals surface area contributed by atoms with Crippen molar-refractivity contribution in [2.75, 3.05) is 6.61 Å². The number of aryl methyl sites for hydroxylation is 1. The summed E-state index contributed by atoms with van der Waals surface area (Å²) in [6, 6.07) is 6.53. The van der Waals surface area contributed by atoms with E-state index in [1.165, 1.54) is 16.7 Å². The molecule has 1 aliphatic rings. The van der Waals surface area contributed by atoms with E-state index < -0.39 is 0 Å². The summed E-state index contributed by atoms with van der Waals surface area (Å²) >= 11 is 0. The molecule has 0 fully saturated rings. The number of rotatable bonds is 4. The van der Waals surface area contributed by atoms with Crippen LogP contribution < -0.4 is 0 Å². The number of esters is 1. The minimum Gasteiger partial charge on any atom is -0.466 e. The maximum absolute atomic E-state index is 11.9. The molecule has 3 rings (SSSR count). The number of aromatic amines is 1. The fourth-order valence-corrected chi connectivity index (χ4v) is 2.97. The summed E-state index contributed by atoms with van der Waals surface area (Å²) in [6.45, 7) is 2.32. The second kappa shape index (κ2) is 6.12. The lowest BCUT2D eigenvalue weighted by Gasteiger charge is -2.23. The van der Waals surface area contributed by atoms with E-state index in [1.54, 1.807) is 6.20 Å². The fraction of sp³-hybridized carbons (Fsp3) is 0.412. The Morgan fingerprint density at radius 3 is 3.10 bits per heavy atom. The van der Waals surface area contributed by atoms with Gasteiger partial charge >= 0.3 is 5.97 Å². The quantitative estimate of drug-likeness (QED) is 0.878. The minimum absolute atomic E-state index is 0.0216. The van der Waals surface area contributed by atoms with Crippen molar-refractivity contribution in [2.24, 2.45) is 5.92 Å². The van der Waals surface area contributed by atoms with Gasteiger partial charge in [-0.2, -0.15) is 0 Å². The highest BCUT2D eigenvalue weighted by Crippen LogP contribution is 2.27. The van der Waals surface area contributed by atoms with Gasteiger partial charge in [-0.3, -0.25) is 4.79 Å². The topological polar surface area (TPSA) is 55.0 Å². The molecule has 0 radical (unpaired) electrons. The van der Waals surface area contributed by atoms with Crippen molar-refractivity contribution in [3.05, 3.63) is 53.1 Å². The third kappa shape index (κ3) is 3.15. The molecule has 1 aromatic carbocycles. The van der Waals surface area contributed by atoms with Crippen LogP contribution in [-0.4, -0.2) is 22.5 Å². The highest BCUT2D eigenvalue weighted by molar-refractivity contribution is 5.73. The first-order valence-corrected chi connectivity index (χ1v) is 7.52. The molecule has 0 saturated heterocycles. The average Bonchev–Trinajstić information content (AvgIpc) is 3.00. The summed E-state index contributed by atoms with van der Waals surface area (Å²) in [5, 5.41) is 0. The molecule has 0 bridgehead atoms. The molecule has 1 N–H and O–H groups in total. The van der Waals surface area contributed by atoms with Crippen LogP contribution in [0, 0.1) is 5.92 Å². The highest BCUT2D eigenvalue weighted by atomic mass is 16.5. The number of fused-ring (bicyclic) bond motifs is 1. The van der Waals surface area contributed by atoms with Crippen molar-refractivity contribution >= 4 is 5.97 Å². The van der Waals surface area contributed by atoms with E-state index in [2.05, 4.69) is 28.2 Å². The Morgan fingerprint density at radius 1 is 1.43 bits per heavy atom. The summed E-state index contributed by atoms with van der Waals surface area (Å²) in [5.74, 6) is 0.950. The van der Waals surface area contributed by atoms with Crippen molar-refractivity contribution in [1.29, 1.82) is 0 Å². The molecule has 0 aliphatic heterocycles. The molecule has 0 spiro atoms. The Balaban J connectivity index is 1.72. The highest BCUT2D eigenvalue weighted by Gasteiger charge is 2.25. The normalized spacial score (nSPS) is 17.3. The number of aromatic nitrogens is 2. The summed E-state index contributed by atoms with van der Waals surface area (Å²) in [6.07, 6.45) is 7.08. The monoisotopic (exact) mass is 284 g/mol. The van der Waals surface area contributed by atoms with Crippen molar-refractivity contribution in [1.82, 2.24) is 9.97 Å². The second-order valence-electron chi connectivity index (χ2n) is 5.51. The van der Waals surface area contributed by atoms with Gasteiger partial charge in [0.15, 0.2) is 0 Å². The molecule has 110 valence electrons. The SMILES string of the molecule is CCOC(=O)C1CCc2cc(Cc3ncc[nH]3)ccc2C1. The minimum atomic E-state index is -0.0530. The van der Waals surface area contributed by atoms with E-state index in [0.29, 0.717) is 6.61 Å². The second-order valence-corrected chi connectivity index (χ2v) is 5.51. The van der Waals surface area contributed by atoms with Crippen LogP contribution in [0.25, 0.3) is 0 Å². The fourth-order valence-electron chi connectivity index (χ4n) is 2.97. The average molecular weight is 284 g/mol. The van der Waals surface area contributed by atoms with E-state index in [-0.39, 0.29) is 11.9 Å². The third-order valence-electron chi connectivity index (χ3n) is 4.05. The van der Waals surface area contributed by atoms with Gasteiger partial charge in [0.25, 0.3) is 0 Å². The predicted octanol–water partition coefficient (Wildman–Crippen LogP) is 2.67. The van der Waals surface area contributed by atoms with Crippen LogP contribution in [0.4, 0.5) is 0 Å². The molecule has 1 atom stereocenters. The van der Waals surface area contributed by atoms with Crippen LogP contribution >= 0.6 is 0 Å². The van der Waals surface area contributed by atoms with Crippen LogP contribution in [0.2, 0.25) is 0 Å². The predicted molar refractivity (Wildman–Crippen MR) is 80.0 cm³/mol. The Bertz CT molecular complexity index is 620. The van der Waals surface area contributed by atoms with E-state index in [1.807, 2.05) is 13.1 Å². The molecule has 0 saturated carbocycles. The first-order valence-electron chi connectivity index (χ1n) is 7.52. The maximum Gasteiger partial charge on any atom is 0.309 e. The number of carbonyl (C=O) groups excluding carboxylic acids is 1. The van der Waals surface area contributed by atoms with Gasteiger partial charge in [-0.15, -0.1) is 0 Å². The van der Waals surface area contributed by atoms with Crippen LogP contribution in [0.5, 0.6) is 0 Å². The summed E-state index contributed by atoms with van der Waals surface area (Å²) in [4.78, 5) is 19.2. The Kier molecular flexibility index (Phi) is 4.04. The van der Waals surface area contributed by atoms with Gasteiger partial charge in [0.05, 0.1) is 12.5 Å². The molecule has 1 aromatic heterocycles. The number of ether oxygens (including phenoxy) is 1. The number of imidazole rings is 1. The molecule has 4 heteroatoms. The van der Waals surface area contributed by atoms with Crippen molar-refractivity contribution in [3.8, 4) is 0 Å². The molecule has 0 amide bonds. The molecule has 1 unspecified atom stereocenters. The van der Waals surface area contributed by atoms with Gasteiger partial charge in [0.2, 0.25) is 0 Å². The first-order chi connectivity index (χ1) is 10.3. The molecular formula is C17H20N2O2. The zero-order chi connectivity index (χ0) is 14.7. The van der Waals surface area contributed by atoms with Gasteiger partial charge in [-0.25, -0.2) is 4.98 Å². The van der Waals surface area contributed by atoms with Crippen molar-refractivity contribution in [3.63, 3.8) is 0 Å². The molecule has 1 heterocycles. The Labute approximate surface area is 124 Å². The molecule has 4 nitrogen and oxygen atoms in total. The van der Waals surface area contributed by atoms with E-state index in [9.17, 15) is 4.79 Å². The molecule has 21 heavy (non-hydrogen) atoms. The van der Waals surface area contributed by atoms with Crippen LogP contribution in [0.3, 0.4) is 0 Å². The molecular weight excluding hydrogens is 264 g/mol. The maximum atomic E-state index is 11.9. The van der Waals surface area contributed by atoms with Gasteiger partial charge in [-0.1, -0.05) is 18.2 Å². The van der Waals surface area contributed by atoms with E-state index >= 15 is 0 Å². The van der Waals surface area contributed by atoms with Crippen LogP contribution in [-0.2, 0) is 28.8 Å². The van der Waals surface area contributed by atoms with Crippen LogP contribution in [0.15, 0.2) is 30.6 Å². The Morgan fingerprint density at radius 2 is 2.33 bits per heavy atom. The van der Waals surface area contributed by atoms with Gasteiger partial charge in [-0.05, 0) is 42.9 Å². The smallest absolute Gasteiger partial charge is 0.309 e. The summed E-state index contributed by atoms with van der Waals surface area (Å²) < 4.78 is 5.14. The largest absolute Gasteiger partial charge is 0.466 e. The van der Waals surface area contributed by atoms with E-state index in [0.717, 1.165) is 31.5 Å². The number of nitrogens with zero attached hydrogens (tertiary/aromatic N) is 1. The number of carbonyl (C=O) groups is 1. The molecule has 2 aromatic rings. The Hall–Kier alpha value is -2.10. The van der Waals surface area contributed by atoms with Gasteiger partial charge in [0, 0.05) is 18.8 Å². The lowest BCUT2D eigenvalue weighted by molar-refractivity contribution is -0.148. The standard InChI is InChI=1S/C17H20N2O2/c1-2-21-17(20)15-6-5-13-9-12(3-4-14(13)11-15)10-16-18-7-8-19-16/h3-4,7-9,15H,2,5-6,10-11H2,1H3,(H,18,19). The van der Waals surface area contributed by atoms with E-state index in [4.69, 9.17) is 4.74 Å². The number of nitrogens with one attached hydrogen (secondary N) is 1.